The van der Waals surface area contributed by atoms with Gasteiger partial charge in [0.15, 0.2) is 0 Å². The fourth-order valence-corrected chi connectivity index (χ4v) is 4.10. The Morgan fingerprint density at radius 3 is 1.43 bits per heavy atom. The molecule has 0 aromatic heterocycles. The largest absolute Gasteiger partial charge is 0.497 e. The van der Waals surface area contributed by atoms with Crippen LogP contribution in [0.1, 0.15) is 5.56 Å². The van der Waals surface area contributed by atoms with E-state index in [4.69, 9.17) is 9.47 Å². The van der Waals surface area contributed by atoms with Crippen LogP contribution in [0.25, 0.3) is 11.1 Å². The molecule has 0 bridgehead atoms. The van der Waals surface area contributed by atoms with Crippen LogP contribution >= 0.6 is 0 Å². The zero-order valence-corrected chi connectivity index (χ0v) is 17.7. The van der Waals surface area contributed by atoms with Crippen LogP contribution in [0.2, 0.25) is 0 Å². The third-order valence-electron chi connectivity index (χ3n) is 4.79. The number of aryl methyl sites for hydroxylation is 1. The molecule has 150 valence electrons. The Kier molecular flexibility index (Phi) is 5.96. The molecule has 1 atom stereocenters. The summed E-state index contributed by atoms with van der Waals surface area (Å²) >= 11 is 0. The lowest BCUT2D eigenvalue weighted by Gasteiger charge is -2.09. The third kappa shape index (κ3) is 4.61. The van der Waals surface area contributed by atoms with E-state index in [9.17, 15) is 4.21 Å². The Balaban J connectivity index is 1.44. The van der Waals surface area contributed by atoms with E-state index in [1.807, 2.05) is 72.8 Å². The molecule has 30 heavy (non-hydrogen) atoms. The van der Waals surface area contributed by atoms with Gasteiger partial charge in [0.25, 0.3) is 0 Å². The van der Waals surface area contributed by atoms with E-state index in [0.717, 1.165) is 26.9 Å². The van der Waals surface area contributed by atoms with Crippen molar-refractivity contribution in [3.8, 4) is 28.4 Å². The molecule has 0 radical (unpaired) electrons. The molecule has 0 saturated carbocycles. The topological polar surface area (TPSA) is 35.5 Å². The first-order valence-electron chi connectivity index (χ1n) is 9.63. The first kappa shape index (κ1) is 19.9. The lowest BCUT2D eigenvalue weighted by molar-refractivity contribution is 0.414. The van der Waals surface area contributed by atoms with Crippen molar-refractivity contribution >= 4 is 10.8 Å². The number of methoxy groups -OCH3 is 1. The van der Waals surface area contributed by atoms with Gasteiger partial charge in [-0.15, -0.1) is 0 Å². The van der Waals surface area contributed by atoms with Gasteiger partial charge in [0.05, 0.1) is 17.9 Å². The molecule has 0 amide bonds. The SMILES string of the molecule is COc1ccc(S(=O)c2ccc(Oc3ccc(-c4ccc(C)cc4)cc3)cc2)cc1. The molecule has 0 aliphatic heterocycles. The fourth-order valence-electron chi connectivity index (χ4n) is 3.06. The lowest BCUT2D eigenvalue weighted by atomic mass is 10.0. The van der Waals surface area contributed by atoms with Crippen molar-refractivity contribution in [2.24, 2.45) is 0 Å². The summed E-state index contributed by atoms with van der Waals surface area (Å²) in [5.74, 6) is 2.20. The molecular weight excluding hydrogens is 392 g/mol. The van der Waals surface area contributed by atoms with Gasteiger partial charge in [0.1, 0.15) is 17.2 Å². The monoisotopic (exact) mass is 414 g/mol. The van der Waals surface area contributed by atoms with Crippen molar-refractivity contribution in [2.45, 2.75) is 16.7 Å². The van der Waals surface area contributed by atoms with Crippen LogP contribution in [0.3, 0.4) is 0 Å². The van der Waals surface area contributed by atoms with Gasteiger partial charge in [0.2, 0.25) is 0 Å². The summed E-state index contributed by atoms with van der Waals surface area (Å²) in [5.41, 5.74) is 3.57. The Bertz CT molecular complexity index is 1130. The second-order valence-electron chi connectivity index (χ2n) is 6.91. The number of ether oxygens (including phenoxy) is 2. The predicted octanol–water partition coefficient (Wildman–Crippen LogP) is 6.63. The van der Waals surface area contributed by atoms with Gasteiger partial charge >= 0.3 is 0 Å². The van der Waals surface area contributed by atoms with Crippen LogP contribution in [0.4, 0.5) is 0 Å². The summed E-state index contributed by atoms with van der Waals surface area (Å²) in [7, 11) is 0.363. The zero-order valence-electron chi connectivity index (χ0n) is 16.9. The molecule has 0 saturated heterocycles. The van der Waals surface area contributed by atoms with E-state index in [-0.39, 0.29) is 0 Å². The van der Waals surface area contributed by atoms with E-state index >= 15 is 0 Å². The molecule has 0 spiro atoms. The summed E-state index contributed by atoms with van der Waals surface area (Å²) in [6.45, 7) is 2.08. The van der Waals surface area contributed by atoms with Gasteiger partial charge in [0, 0.05) is 9.79 Å². The Morgan fingerprint density at radius 2 is 0.967 bits per heavy atom. The maximum absolute atomic E-state index is 12.7. The predicted molar refractivity (Wildman–Crippen MR) is 121 cm³/mol. The molecule has 3 nitrogen and oxygen atoms in total. The summed E-state index contributed by atoms with van der Waals surface area (Å²) < 4.78 is 23.8. The minimum absolute atomic E-state index is 0.702. The van der Waals surface area contributed by atoms with Gasteiger partial charge in [-0.05, 0) is 78.7 Å². The number of hydrogen-bond acceptors (Lipinski definition) is 3. The van der Waals surface area contributed by atoms with Crippen molar-refractivity contribution in [2.75, 3.05) is 7.11 Å². The van der Waals surface area contributed by atoms with E-state index in [0.29, 0.717) is 5.75 Å². The van der Waals surface area contributed by atoms with Crippen molar-refractivity contribution < 1.29 is 13.7 Å². The molecule has 0 aliphatic carbocycles. The van der Waals surface area contributed by atoms with Crippen molar-refractivity contribution in [1.29, 1.82) is 0 Å². The van der Waals surface area contributed by atoms with Gasteiger partial charge in [-0.3, -0.25) is 0 Å². The summed E-state index contributed by atoms with van der Waals surface area (Å²) in [4.78, 5) is 1.46. The van der Waals surface area contributed by atoms with Crippen molar-refractivity contribution in [1.82, 2.24) is 0 Å². The fraction of sp³-hybridized carbons (Fsp3) is 0.0769. The first-order chi connectivity index (χ1) is 14.6. The zero-order chi connectivity index (χ0) is 20.9. The molecule has 0 fully saturated rings. The average molecular weight is 415 g/mol. The van der Waals surface area contributed by atoms with Gasteiger partial charge in [-0.25, -0.2) is 4.21 Å². The van der Waals surface area contributed by atoms with E-state index in [1.165, 1.54) is 11.1 Å². The second kappa shape index (κ2) is 8.97. The normalized spacial score (nSPS) is 11.7. The van der Waals surface area contributed by atoms with E-state index in [1.54, 1.807) is 7.11 Å². The van der Waals surface area contributed by atoms with E-state index in [2.05, 4.69) is 31.2 Å². The minimum Gasteiger partial charge on any atom is -0.497 e. The minimum atomic E-state index is -1.25. The van der Waals surface area contributed by atoms with Crippen LogP contribution < -0.4 is 9.47 Å². The molecule has 0 N–H and O–H groups in total. The number of rotatable bonds is 6. The van der Waals surface area contributed by atoms with Crippen LogP contribution in [0.15, 0.2) is 107 Å². The molecule has 0 aliphatic rings. The summed E-state index contributed by atoms with van der Waals surface area (Å²) in [5, 5.41) is 0. The van der Waals surface area contributed by atoms with Crippen LogP contribution in [-0.2, 0) is 10.8 Å². The molecule has 4 rings (SSSR count). The molecule has 1 unspecified atom stereocenters. The highest BCUT2D eigenvalue weighted by Gasteiger charge is 2.08. The third-order valence-corrected chi connectivity index (χ3v) is 6.19. The maximum Gasteiger partial charge on any atom is 0.127 e. The first-order valence-corrected chi connectivity index (χ1v) is 10.8. The molecule has 4 heteroatoms. The second-order valence-corrected chi connectivity index (χ2v) is 8.39. The smallest absolute Gasteiger partial charge is 0.127 e. The lowest BCUT2D eigenvalue weighted by Crippen LogP contribution is -1.93. The molecular formula is C26H22O3S. The average Bonchev–Trinajstić information content (AvgIpc) is 2.80. The van der Waals surface area contributed by atoms with Crippen LogP contribution in [0.5, 0.6) is 17.2 Å². The van der Waals surface area contributed by atoms with Crippen molar-refractivity contribution in [3.63, 3.8) is 0 Å². The number of hydrogen-bond donors (Lipinski definition) is 0. The standard InChI is InChI=1S/C26H22O3S/c1-19-3-5-20(6-4-19)21-7-9-23(10-8-21)29-24-13-17-26(18-14-24)30(27)25-15-11-22(28-2)12-16-25/h3-18H,1-2H3. The Hall–Kier alpha value is -3.37. The number of benzene rings is 4. The molecule has 4 aromatic rings. The molecule has 4 aromatic carbocycles. The van der Waals surface area contributed by atoms with Crippen molar-refractivity contribution in [3.05, 3.63) is 103 Å². The summed E-state index contributed by atoms with van der Waals surface area (Å²) in [6.07, 6.45) is 0. The van der Waals surface area contributed by atoms with Crippen LogP contribution in [0, 0.1) is 6.92 Å². The van der Waals surface area contributed by atoms with Gasteiger partial charge in [-0.2, -0.15) is 0 Å². The van der Waals surface area contributed by atoms with E-state index < -0.39 is 10.8 Å². The van der Waals surface area contributed by atoms with Gasteiger partial charge < -0.3 is 9.47 Å². The quantitative estimate of drug-likeness (QED) is 0.355. The Labute approximate surface area is 179 Å². The Morgan fingerprint density at radius 1 is 0.567 bits per heavy atom. The highest BCUT2D eigenvalue weighted by Crippen LogP contribution is 2.27. The van der Waals surface area contributed by atoms with Gasteiger partial charge in [-0.1, -0.05) is 42.0 Å². The molecule has 0 heterocycles. The maximum atomic E-state index is 12.7. The highest BCUT2D eigenvalue weighted by atomic mass is 32.2. The van der Waals surface area contributed by atoms with Crippen LogP contribution in [-0.4, -0.2) is 11.3 Å². The highest BCUT2D eigenvalue weighted by molar-refractivity contribution is 7.85. The summed E-state index contributed by atoms with van der Waals surface area (Å²) in [6, 6.07) is 31.0.